The Morgan fingerprint density at radius 3 is 2.71 bits per heavy atom. The second-order valence-electron chi connectivity index (χ2n) is 8.29. The van der Waals surface area contributed by atoms with Gasteiger partial charge in [-0.3, -0.25) is 19.5 Å². The van der Waals surface area contributed by atoms with Gasteiger partial charge in [0.25, 0.3) is 11.5 Å². The number of rotatable bonds is 5. The predicted molar refractivity (Wildman–Crippen MR) is 115 cm³/mol. The van der Waals surface area contributed by atoms with Gasteiger partial charge in [-0.1, -0.05) is 0 Å². The molecule has 1 aliphatic heterocycles. The van der Waals surface area contributed by atoms with Crippen LogP contribution in [0.1, 0.15) is 63.6 Å². The van der Waals surface area contributed by atoms with Crippen LogP contribution in [-0.2, 0) is 17.8 Å². The summed E-state index contributed by atoms with van der Waals surface area (Å²) in [6.07, 6.45) is 1.84. The lowest BCUT2D eigenvalue weighted by Crippen LogP contribution is -2.31. The van der Waals surface area contributed by atoms with E-state index in [4.69, 9.17) is 4.84 Å². The summed E-state index contributed by atoms with van der Waals surface area (Å²) >= 11 is 1.47. The summed E-state index contributed by atoms with van der Waals surface area (Å²) in [5.74, 6) is -0.0538. The van der Waals surface area contributed by atoms with Crippen LogP contribution in [0.2, 0.25) is 0 Å². The largest absolute Gasteiger partial charge is 0.389 e. The second-order valence-corrected chi connectivity index (χ2v) is 9.40. The van der Waals surface area contributed by atoms with Crippen LogP contribution < -0.4 is 5.56 Å². The van der Waals surface area contributed by atoms with E-state index in [9.17, 15) is 14.7 Å². The number of aromatic amines is 1. The van der Waals surface area contributed by atoms with E-state index in [1.54, 1.807) is 0 Å². The number of fused-ring (bicyclic) bond motifs is 1. The van der Waals surface area contributed by atoms with E-state index in [0.29, 0.717) is 29.8 Å². The van der Waals surface area contributed by atoms with Gasteiger partial charge < -0.3 is 5.11 Å². The zero-order valence-electron chi connectivity index (χ0n) is 17.8. The first-order chi connectivity index (χ1) is 14.9. The molecular weight excluding hydrogens is 418 g/mol. The first-order valence-electron chi connectivity index (χ1n) is 10.6. The van der Waals surface area contributed by atoms with Crippen molar-refractivity contribution in [1.29, 1.82) is 0 Å². The number of nitrogens with one attached hydrogen (secondary N) is 1. The number of hydrogen-bond donors (Lipinski definition) is 2. The third-order valence-corrected chi connectivity index (χ3v) is 7.22. The number of aliphatic hydroxyl groups is 1. The molecule has 0 aromatic carbocycles. The number of aromatic nitrogens is 4. The molecule has 1 atom stereocenters. The molecule has 0 radical (unpaired) electrons. The van der Waals surface area contributed by atoms with Crippen LogP contribution in [0.3, 0.4) is 0 Å². The van der Waals surface area contributed by atoms with Crippen LogP contribution in [0.15, 0.2) is 4.79 Å². The number of nitrogens with zero attached hydrogens (tertiary/aromatic N) is 4. The Balaban J connectivity index is 1.74. The highest BCUT2D eigenvalue weighted by Crippen LogP contribution is 2.45. The van der Waals surface area contributed by atoms with Crippen LogP contribution in [0.4, 0.5) is 0 Å². The molecule has 3 aromatic rings. The lowest BCUT2D eigenvalue weighted by molar-refractivity contribution is -0.0778. The summed E-state index contributed by atoms with van der Waals surface area (Å²) in [4.78, 5) is 33.1. The normalized spacial score (nSPS) is 19.0. The van der Waals surface area contributed by atoms with E-state index in [0.717, 1.165) is 45.1 Å². The summed E-state index contributed by atoms with van der Waals surface area (Å²) in [6.45, 7) is 6.34. The molecule has 1 amide bonds. The zero-order chi connectivity index (χ0) is 21.9. The number of hydrogen-bond acceptors (Lipinski definition) is 7. The SMILES string of the molecule is CCn1nc(C2CC2)c2sc(Cc3c(C)n[nH]c3C)c(C(=O)N3C[C@H](O)CO3)c2c1=O. The first-order valence-corrected chi connectivity index (χ1v) is 11.4. The Morgan fingerprint density at radius 1 is 1.35 bits per heavy atom. The van der Waals surface area contributed by atoms with Gasteiger partial charge in [-0.15, -0.1) is 11.3 Å². The molecule has 10 heteroatoms. The topological polar surface area (TPSA) is 113 Å². The molecule has 5 rings (SSSR count). The molecule has 0 bridgehead atoms. The maximum atomic E-state index is 13.5. The minimum atomic E-state index is -0.730. The average molecular weight is 444 g/mol. The Kier molecular flexibility index (Phi) is 4.95. The minimum Gasteiger partial charge on any atom is -0.389 e. The number of carbonyl (C=O) groups is 1. The van der Waals surface area contributed by atoms with E-state index in [1.165, 1.54) is 21.1 Å². The van der Waals surface area contributed by atoms with Gasteiger partial charge in [-0.05, 0) is 33.6 Å². The van der Waals surface area contributed by atoms with Gasteiger partial charge in [0.1, 0.15) is 12.7 Å². The lowest BCUT2D eigenvalue weighted by Gasteiger charge is -2.15. The number of amides is 1. The van der Waals surface area contributed by atoms with Crippen molar-refractivity contribution in [1.82, 2.24) is 25.0 Å². The number of H-pyrrole nitrogens is 1. The molecule has 1 saturated carbocycles. The zero-order valence-corrected chi connectivity index (χ0v) is 18.6. The summed E-state index contributed by atoms with van der Waals surface area (Å²) in [7, 11) is 0. The molecule has 2 aliphatic rings. The molecule has 3 aromatic heterocycles. The highest BCUT2D eigenvalue weighted by molar-refractivity contribution is 7.19. The number of thiophene rings is 1. The molecule has 0 unspecified atom stereocenters. The average Bonchev–Trinajstić information content (AvgIpc) is 3.27. The maximum absolute atomic E-state index is 13.5. The molecule has 1 saturated heterocycles. The van der Waals surface area contributed by atoms with Crippen LogP contribution in [0, 0.1) is 13.8 Å². The first kappa shape index (κ1) is 20.3. The van der Waals surface area contributed by atoms with Crippen molar-refractivity contribution in [3.05, 3.63) is 43.4 Å². The maximum Gasteiger partial charge on any atom is 0.279 e. The van der Waals surface area contributed by atoms with E-state index >= 15 is 0 Å². The molecule has 164 valence electrons. The standard InChI is InChI=1S/C21H25N5O4S/c1-4-25-20(28)17-16(21(29)26-8-13(27)9-30-26)15(7-14-10(2)22-23-11(14)3)31-19(17)18(24-25)12-5-6-12/h12-13,27H,4-9H2,1-3H3,(H,22,23)/t13-/m0/s1. The summed E-state index contributed by atoms with van der Waals surface area (Å²) < 4.78 is 2.26. The van der Waals surface area contributed by atoms with E-state index in [-0.39, 0.29) is 24.6 Å². The fraction of sp³-hybridized carbons (Fsp3) is 0.524. The van der Waals surface area contributed by atoms with E-state index in [1.807, 2.05) is 20.8 Å². The number of carbonyl (C=O) groups excluding carboxylic acids is 1. The van der Waals surface area contributed by atoms with Crippen molar-refractivity contribution < 1.29 is 14.7 Å². The van der Waals surface area contributed by atoms with E-state index in [2.05, 4.69) is 15.3 Å². The summed E-state index contributed by atoms with van der Waals surface area (Å²) in [6, 6.07) is 0. The predicted octanol–water partition coefficient (Wildman–Crippen LogP) is 2.03. The van der Waals surface area contributed by atoms with Crippen molar-refractivity contribution in [2.75, 3.05) is 13.2 Å². The van der Waals surface area contributed by atoms with Crippen molar-refractivity contribution in [3.63, 3.8) is 0 Å². The number of hydroxylamine groups is 2. The number of aliphatic hydroxyl groups excluding tert-OH is 1. The van der Waals surface area contributed by atoms with Crippen molar-refractivity contribution in [2.45, 2.75) is 58.6 Å². The van der Waals surface area contributed by atoms with Gasteiger partial charge in [-0.2, -0.15) is 10.2 Å². The third kappa shape index (κ3) is 3.38. The third-order valence-electron chi connectivity index (χ3n) is 6.01. The smallest absolute Gasteiger partial charge is 0.279 e. The Labute approximate surface area is 182 Å². The van der Waals surface area contributed by atoms with Crippen molar-refractivity contribution in [3.8, 4) is 0 Å². The molecule has 9 nitrogen and oxygen atoms in total. The van der Waals surface area contributed by atoms with Gasteiger partial charge in [-0.25, -0.2) is 9.75 Å². The highest BCUT2D eigenvalue weighted by Gasteiger charge is 2.36. The molecular formula is C21H25N5O4S. The van der Waals surface area contributed by atoms with Crippen molar-refractivity contribution in [2.24, 2.45) is 0 Å². The molecule has 31 heavy (non-hydrogen) atoms. The van der Waals surface area contributed by atoms with Gasteiger partial charge in [0.2, 0.25) is 0 Å². The molecule has 0 spiro atoms. The Morgan fingerprint density at radius 2 is 2.13 bits per heavy atom. The minimum absolute atomic E-state index is 0.0666. The van der Waals surface area contributed by atoms with Gasteiger partial charge in [0, 0.05) is 35.0 Å². The highest BCUT2D eigenvalue weighted by atomic mass is 32.1. The van der Waals surface area contributed by atoms with Crippen LogP contribution in [-0.4, -0.2) is 55.3 Å². The lowest BCUT2D eigenvalue weighted by atomic mass is 10.0. The monoisotopic (exact) mass is 443 g/mol. The molecule has 1 aliphatic carbocycles. The van der Waals surface area contributed by atoms with E-state index < -0.39 is 6.10 Å². The summed E-state index contributed by atoms with van der Waals surface area (Å²) in [5.41, 5.74) is 3.84. The fourth-order valence-electron chi connectivity index (χ4n) is 4.14. The second kappa shape index (κ2) is 7.54. The summed E-state index contributed by atoms with van der Waals surface area (Å²) in [5, 5.41) is 23.4. The molecule has 4 heterocycles. The molecule has 2 N–H and O–H groups in total. The number of β-amino-alcohol motifs (C(OH)–C–C–N with tert-alkyl or cyclic N) is 1. The number of aryl methyl sites for hydroxylation is 3. The van der Waals surface area contributed by atoms with Crippen LogP contribution in [0.25, 0.3) is 10.1 Å². The molecule has 2 fully saturated rings. The van der Waals surface area contributed by atoms with Gasteiger partial charge in [0.15, 0.2) is 0 Å². The Hall–Kier alpha value is -2.56. The quantitative estimate of drug-likeness (QED) is 0.624. The van der Waals surface area contributed by atoms with Crippen LogP contribution >= 0.6 is 11.3 Å². The fourth-order valence-corrected chi connectivity index (χ4v) is 5.49. The van der Waals surface area contributed by atoms with Crippen molar-refractivity contribution >= 4 is 27.3 Å². The van der Waals surface area contributed by atoms with Crippen LogP contribution in [0.5, 0.6) is 0 Å². The van der Waals surface area contributed by atoms with Gasteiger partial charge >= 0.3 is 0 Å². The van der Waals surface area contributed by atoms with Gasteiger partial charge in [0.05, 0.1) is 33.6 Å². The Bertz CT molecular complexity index is 1220.